The minimum atomic E-state index is -0.337. The van der Waals surface area contributed by atoms with Gasteiger partial charge in [-0.3, -0.25) is 4.98 Å². The quantitative estimate of drug-likeness (QED) is 0.860. The molecule has 0 saturated carbocycles. The Labute approximate surface area is 111 Å². The molecule has 5 nitrogen and oxygen atoms in total. The Morgan fingerprint density at radius 3 is 2.95 bits per heavy atom. The molecular formula is C13H18FN5. The van der Waals surface area contributed by atoms with Gasteiger partial charge in [-0.25, -0.2) is 9.07 Å². The van der Waals surface area contributed by atoms with Crippen LogP contribution in [0.25, 0.3) is 0 Å². The van der Waals surface area contributed by atoms with Crippen LogP contribution in [0, 0.1) is 11.7 Å². The molecule has 19 heavy (non-hydrogen) atoms. The van der Waals surface area contributed by atoms with Gasteiger partial charge in [-0.15, -0.1) is 5.10 Å². The van der Waals surface area contributed by atoms with Crippen LogP contribution in [0.1, 0.15) is 25.1 Å². The summed E-state index contributed by atoms with van der Waals surface area (Å²) in [6, 6.07) is 1.45. The zero-order valence-corrected chi connectivity index (χ0v) is 11.2. The van der Waals surface area contributed by atoms with Crippen LogP contribution in [-0.2, 0) is 13.1 Å². The van der Waals surface area contributed by atoms with Gasteiger partial charge in [-0.2, -0.15) is 0 Å². The fraction of sp³-hybridized carbons (Fsp3) is 0.462. The molecule has 6 heteroatoms. The summed E-state index contributed by atoms with van der Waals surface area (Å²) in [5, 5.41) is 11.4. The molecule has 2 aromatic rings. The van der Waals surface area contributed by atoms with Gasteiger partial charge in [-0.05, 0) is 24.1 Å². The van der Waals surface area contributed by atoms with Crippen LogP contribution >= 0.6 is 0 Å². The molecule has 0 aliphatic rings. The summed E-state index contributed by atoms with van der Waals surface area (Å²) < 4.78 is 14.7. The van der Waals surface area contributed by atoms with E-state index in [0.717, 1.165) is 17.8 Å². The second-order valence-corrected chi connectivity index (χ2v) is 4.94. The van der Waals surface area contributed by atoms with E-state index in [4.69, 9.17) is 0 Å². The zero-order chi connectivity index (χ0) is 13.7. The van der Waals surface area contributed by atoms with Crippen LogP contribution in [-0.4, -0.2) is 26.5 Å². The topological polar surface area (TPSA) is 55.6 Å². The van der Waals surface area contributed by atoms with E-state index in [0.29, 0.717) is 19.0 Å². The van der Waals surface area contributed by atoms with Crippen molar-refractivity contribution in [2.45, 2.75) is 26.9 Å². The van der Waals surface area contributed by atoms with Crippen molar-refractivity contribution in [2.24, 2.45) is 5.92 Å². The lowest BCUT2D eigenvalue weighted by Gasteiger charge is -2.04. The molecule has 0 unspecified atom stereocenters. The van der Waals surface area contributed by atoms with Gasteiger partial charge in [0, 0.05) is 12.7 Å². The molecule has 0 bridgehead atoms. The first-order valence-electron chi connectivity index (χ1n) is 6.32. The van der Waals surface area contributed by atoms with E-state index < -0.39 is 0 Å². The van der Waals surface area contributed by atoms with Gasteiger partial charge < -0.3 is 5.32 Å². The van der Waals surface area contributed by atoms with Crippen molar-refractivity contribution in [1.29, 1.82) is 0 Å². The molecule has 0 spiro atoms. The highest BCUT2D eigenvalue weighted by Gasteiger charge is 2.03. The number of aromatic nitrogens is 4. The molecule has 0 saturated heterocycles. The lowest BCUT2D eigenvalue weighted by Crippen LogP contribution is -2.19. The number of hydrogen-bond donors (Lipinski definition) is 1. The van der Waals surface area contributed by atoms with Crippen molar-refractivity contribution in [3.05, 3.63) is 41.7 Å². The van der Waals surface area contributed by atoms with Crippen LogP contribution in [0.5, 0.6) is 0 Å². The Kier molecular flexibility index (Phi) is 4.57. The molecule has 0 aliphatic heterocycles. The van der Waals surface area contributed by atoms with E-state index in [2.05, 4.69) is 34.5 Å². The molecule has 0 atom stereocenters. The standard InChI is InChI=1S/C13H18FN5/c1-10(2)4-15-7-13-9-19(18-17-13)8-11-3-12(14)6-16-5-11/h3,5-6,9-10,15H,4,7-8H2,1-2H3. The maximum Gasteiger partial charge on any atom is 0.141 e. The third-order valence-corrected chi connectivity index (χ3v) is 2.55. The number of nitrogens with zero attached hydrogens (tertiary/aromatic N) is 4. The van der Waals surface area contributed by atoms with Gasteiger partial charge in [-0.1, -0.05) is 19.1 Å². The van der Waals surface area contributed by atoms with Crippen molar-refractivity contribution in [3.63, 3.8) is 0 Å². The number of nitrogens with one attached hydrogen (secondary N) is 1. The Morgan fingerprint density at radius 1 is 1.37 bits per heavy atom. The minimum Gasteiger partial charge on any atom is -0.311 e. The largest absolute Gasteiger partial charge is 0.311 e. The molecule has 1 N–H and O–H groups in total. The Hall–Kier alpha value is -1.82. The van der Waals surface area contributed by atoms with Crippen LogP contribution in [0.4, 0.5) is 4.39 Å². The molecule has 0 amide bonds. The van der Waals surface area contributed by atoms with Gasteiger partial charge in [0.1, 0.15) is 5.82 Å². The van der Waals surface area contributed by atoms with Gasteiger partial charge in [0.25, 0.3) is 0 Å². The highest BCUT2D eigenvalue weighted by Crippen LogP contribution is 2.03. The van der Waals surface area contributed by atoms with Crippen molar-refractivity contribution in [2.75, 3.05) is 6.54 Å². The monoisotopic (exact) mass is 263 g/mol. The van der Waals surface area contributed by atoms with Crippen LogP contribution < -0.4 is 5.32 Å². The summed E-state index contributed by atoms with van der Waals surface area (Å²) in [5.41, 5.74) is 1.65. The van der Waals surface area contributed by atoms with Gasteiger partial charge in [0.05, 0.1) is 24.6 Å². The van der Waals surface area contributed by atoms with Crippen molar-refractivity contribution in [1.82, 2.24) is 25.3 Å². The highest BCUT2D eigenvalue weighted by atomic mass is 19.1. The molecule has 0 aromatic carbocycles. The lowest BCUT2D eigenvalue weighted by atomic mass is 10.2. The summed E-state index contributed by atoms with van der Waals surface area (Å²) in [4.78, 5) is 3.81. The summed E-state index contributed by atoms with van der Waals surface area (Å²) >= 11 is 0. The summed E-state index contributed by atoms with van der Waals surface area (Å²) in [6.07, 6.45) is 4.67. The second kappa shape index (κ2) is 6.38. The summed E-state index contributed by atoms with van der Waals surface area (Å²) in [7, 11) is 0. The van der Waals surface area contributed by atoms with E-state index in [-0.39, 0.29) is 5.82 Å². The van der Waals surface area contributed by atoms with Gasteiger partial charge in [0.2, 0.25) is 0 Å². The van der Waals surface area contributed by atoms with Gasteiger partial charge in [0.15, 0.2) is 0 Å². The van der Waals surface area contributed by atoms with E-state index >= 15 is 0 Å². The predicted octanol–water partition coefficient (Wildman–Crippen LogP) is 1.61. The van der Waals surface area contributed by atoms with Crippen molar-refractivity contribution < 1.29 is 4.39 Å². The molecule has 0 aliphatic carbocycles. The molecule has 102 valence electrons. The molecule has 2 rings (SSSR count). The van der Waals surface area contributed by atoms with E-state index in [1.54, 1.807) is 10.9 Å². The van der Waals surface area contributed by atoms with Crippen LogP contribution in [0.3, 0.4) is 0 Å². The summed E-state index contributed by atoms with van der Waals surface area (Å²) in [5.74, 6) is 0.268. The number of hydrogen-bond acceptors (Lipinski definition) is 4. The fourth-order valence-corrected chi connectivity index (χ4v) is 1.72. The predicted molar refractivity (Wildman–Crippen MR) is 69.9 cm³/mol. The summed E-state index contributed by atoms with van der Waals surface area (Å²) in [6.45, 7) is 6.42. The van der Waals surface area contributed by atoms with Gasteiger partial charge >= 0.3 is 0 Å². The number of pyridine rings is 1. The molecular weight excluding hydrogens is 245 g/mol. The average Bonchev–Trinajstić information content (AvgIpc) is 2.76. The Balaban J connectivity index is 1.90. The first-order chi connectivity index (χ1) is 9.13. The Morgan fingerprint density at radius 2 is 2.21 bits per heavy atom. The third-order valence-electron chi connectivity index (χ3n) is 2.55. The van der Waals surface area contributed by atoms with E-state index in [1.807, 2.05) is 6.20 Å². The molecule has 2 aromatic heterocycles. The number of rotatable bonds is 6. The van der Waals surface area contributed by atoms with Crippen LogP contribution in [0.2, 0.25) is 0 Å². The van der Waals surface area contributed by atoms with Crippen molar-refractivity contribution >= 4 is 0 Å². The third kappa shape index (κ3) is 4.40. The fourth-order valence-electron chi connectivity index (χ4n) is 1.72. The highest BCUT2D eigenvalue weighted by molar-refractivity contribution is 5.10. The first kappa shape index (κ1) is 13.6. The smallest absolute Gasteiger partial charge is 0.141 e. The number of halogens is 1. The molecule has 0 radical (unpaired) electrons. The van der Waals surface area contributed by atoms with E-state index in [9.17, 15) is 4.39 Å². The SMILES string of the molecule is CC(C)CNCc1cn(Cc2cncc(F)c2)nn1. The zero-order valence-electron chi connectivity index (χ0n) is 11.2. The normalized spacial score (nSPS) is 11.2. The molecule has 2 heterocycles. The lowest BCUT2D eigenvalue weighted by molar-refractivity contribution is 0.548. The second-order valence-electron chi connectivity index (χ2n) is 4.94. The minimum absolute atomic E-state index is 0.337. The average molecular weight is 263 g/mol. The van der Waals surface area contributed by atoms with Crippen molar-refractivity contribution in [3.8, 4) is 0 Å². The first-order valence-corrected chi connectivity index (χ1v) is 6.32. The molecule has 0 fully saturated rings. The van der Waals surface area contributed by atoms with Crippen LogP contribution in [0.15, 0.2) is 24.7 Å². The maximum absolute atomic E-state index is 13.0. The maximum atomic E-state index is 13.0. The van der Waals surface area contributed by atoms with E-state index in [1.165, 1.54) is 12.3 Å². The Bertz CT molecular complexity index is 523.